The summed E-state index contributed by atoms with van der Waals surface area (Å²) in [6.45, 7) is 0. The van der Waals surface area contributed by atoms with E-state index < -0.39 is 0 Å². The largest absolute Gasteiger partial charge is 0.276 e. The number of rotatable bonds is 0. The van der Waals surface area contributed by atoms with E-state index in [1.54, 1.807) is 0 Å². The van der Waals surface area contributed by atoms with Crippen molar-refractivity contribution in [1.29, 1.82) is 0 Å². The number of hydrogen-bond acceptors (Lipinski definition) is 3. The molecule has 1 aliphatic heterocycles. The maximum atomic E-state index is 10.4. The van der Waals surface area contributed by atoms with E-state index in [2.05, 4.69) is 10.9 Å². The van der Waals surface area contributed by atoms with Gasteiger partial charge in [0, 0.05) is 47.4 Å². The Hall–Kier alpha value is 0.550. The Morgan fingerprint density at radius 3 is 2.50 bits per heavy atom. The van der Waals surface area contributed by atoms with E-state index in [1.165, 1.54) is 6.08 Å². The Bertz CT molecular complexity index is 173. The zero-order chi connectivity index (χ0) is 6.85. The zero-order valence-corrected chi connectivity index (χ0v) is 8.70. The van der Waals surface area contributed by atoms with Crippen molar-refractivity contribution in [3.8, 4) is 0 Å². The van der Waals surface area contributed by atoms with Crippen molar-refractivity contribution >= 4 is 58.8 Å². The van der Waals surface area contributed by atoms with Gasteiger partial charge in [-0.05, 0) is 4.64 Å². The first-order valence-electron chi connectivity index (χ1n) is 2.09. The van der Waals surface area contributed by atoms with Gasteiger partial charge in [0.05, 0.1) is 0 Å². The Kier molecular flexibility index (Phi) is 4.68. The molecule has 0 spiro atoms. The molecule has 10 heavy (non-hydrogen) atoms. The Morgan fingerprint density at radius 1 is 1.50 bits per heavy atom. The van der Waals surface area contributed by atoms with Crippen LogP contribution in [0.25, 0.3) is 0 Å². The van der Waals surface area contributed by atoms with Crippen LogP contribution in [0.3, 0.4) is 0 Å². The van der Waals surface area contributed by atoms with Gasteiger partial charge in [0.15, 0.2) is 0 Å². The molecule has 1 heterocycles. The number of amides is 1. The van der Waals surface area contributed by atoms with E-state index in [-0.39, 0.29) is 40.6 Å². The second-order valence-corrected chi connectivity index (χ2v) is 2.11. The standard InChI is InChI=1S/C3H3Cl2N3O.Na/c4-2-1-3(9)7-8(5)6-2;/h1,6H,(H,7,9);. The Balaban J connectivity index is 0.000000810. The van der Waals surface area contributed by atoms with Gasteiger partial charge in [0.25, 0.3) is 5.91 Å². The van der Waals surface area contributed by atoms with E-state index in [0.717, 1.165) is 4.64 Å². The zero-order valence-electron chi connectivity index (χ0n) is 5.19. The fourth-order valence-corrected chi connectivity index (χ4v) is 0.799. The van der Waals surface area contributed by atoms with E-state index >= 15 is 0 Å². The molecule has 0 aromatic rings. The van der Waals surface area contributed by atoms with Gasteiger partial charge in [-0.1, -0.05) is 11.6 Å². The van der Waals surface area contributed by atoms with Gasteiger partial charge in [-0.25, -0.2) is 0 Å². The second kappa shape index (κ2) is 4.43. The number of carbonyl (C=O) groups is 1. The molecule has 0 aromatic heterocycles. The number of carbonyl (C=O) groups excluding carboxylic acids is 1. The third-order valence-electron chi connectivity index (χ3n) is 0.671. The normalized spacial score (nSPS) is 18.2. The van der Waals surface area contributed by atoms with Crippen molar-refractivity contribution in [3.63, 3.8) is 0 Å². The minimum absolute atomic E-state index is 0. The van der Waals surface area contributed by atoms with Crippen LogP contribution in [0.4, 0.5) is 0 Å². The SMILES string of the molecule is O=C1C=C(Cl)NN(Cl)N1.[Na]. The molecule has 0 aliphatic carbocycles. The number of hydrazine groups is 2. The maximum absolute atomic E-state index is 10.4. The quantitative estimate of drug-likeness (QED) is 0.313. The molecule has 0 aromatic carbocycles. The summed E-state index contributed by atoms with van der Waals surface area (Å²) in [4.78, 5) is 10.4. The molecule has 0 fully saturated rings. The summed E-state index contributed by atoms with van der Waals surface area (Å²) >= 11 is 10.6. The fraction of sp³-hybridized carbons (Fsp3) is 0. The first kappa shape index (κ1) is 10.6. The van der Waals surface area contributed by atoms with E-state index in [4.69, 9.17) is 23.4 Å². The predicted molar refractivity (Wildman–Crippen MR) is 38.7 cm³/mol. The van der Waals surface area contributed by atoms with Crippen molar-refractivity contribution in [2.45, 2.75) is 0 Å². The molecule has 0 saturated heterocycles. The summed E-state index contributed by atoms with van der Waals surface area (Å²) in [6, 6.07) is 0. The van der Waals surface area contributed by atoms with Crippen molar-refractivity contribution in [3.05, 3.63) is 11.2 Å². The summed E-state index contributed by atoms with van der Waals surface area (Å²) in [5, 5.41) is 0.189. The number of nitrogens with zero attached hydrogens (tertiary/aromatic N) is 1. The van der Waals surface area contributed by atoms with Crippen molar-refractivity contribution < 1.29 is 4.79 Å². The minimum Gasteiger partial charge on any atom is -0.276 e. The molecule has 2 N–H and O–H groups in total. The first-order chi connectivity index (χ1) is 4.18. The molecular formula is C3H3Cl2N3NaO. The van der Waals surface area contributed by atoms with Crippen LogP contribution in [0.2, 0.25) is 0 Å². The van der Waals surface area contributed by atoms with Crippen molar-refractivity contribution in [2.75, 3.05) is 0 Å². The van der Waals surface area contributed by atoms with Crippen LogP contribution in [0.5, 0.6) is 0 Å². The minimum atomic E-state index is -0.353. The predicted octanol–water partition coefficient (Wildman–Crippen LogP) is -0.309. The van der Waals surface area contributed by atoms with Crippen LogP contribution < -0.4 is 10.9 Å². The van der Waals surface area contributed by atoms with Crippen LogP contribution in [0.1, 0.15) is 0 Å². The van der Waals surface area contributed by atoms with Gasteiger partial charge in [-0.15, -0.1) is 0 Å². The van der Waals surface area contributed by atoms with Gasteiger partial charge in [0.2, 0.25) is 0 Å². The molecule has 0 atom stereocenters. The van der Waals surface area contributed by atoms with E-state index in [0.29, 0.717) is 0 Å². The van der Waals surface area contributed by atoms with Crippen molar-refractivity contribution in [1.82, 2.24) is 15.5 Å². The van der Waals surface area contributed by atoms with Crippen LogP contribution in [0.15, 0.2) is 11.2 Å². The summed E-state index contributed by atoms with van der Waals surface area (Å²) in [5.74, 6) is -0.353. The van der Waals surface area contributed by atoms with Crippen molar-refractivity contribution in [2.24, 2.45) is 0 Å². The molecule has 0 unspecified atom stereocenters. The Morgan fingerprint density at radius 2 is 2.10 bits per heavy atom. The van der Waals surface area contributed by atoms with Gasteiger partial charge in [-0.3, -0.25) is 15.6 Å². The first-order valence-corrected chi connectivity index (χ1v) is 2.80. The number of halogens is 2. The molecular weight excluding hydrogens is 188 g/mol. The molecule has 1 radical (unpaired) electrons. The molecule has 7 heteroatoms. The topological polar surface area (TPSA) is 44.4 Å². The monoisotopic (exact) mass is 190 g/mol. The van der Waals surface area contributed by atoms with E-state index in [1.807, 2.05) is 0 Å². The molecule has 1 rings (SSSR count). The fourth-order valence-electron chi connectivity index (χ4n) is 0.398. The molecule has 1 aliphatic rings. The number of nitrogens with one attached hydrogen (secondary N) is 2. The molecule has 0 saturated carbocycles. The number of hydrogen-bond donors (Lipinski definition) is 2. The Labute approximate surface area is 89.9 Å². The van der Waals surface area contributed by atoms with Crippen LogP contribution >= 0.6 is 23.4 Å². The maximum Gasteiger partial charge on any atom is 0.263 e. The van der Waals surface area contributed by atoms with Gasteiger partial charge in [-0.2, -0.15) is 0 Å². The average molecular weight is 191 g/mol. The molecule has 1 amide bonds. The van der Waals surface area contributed by atoms with Crippen LogP contribution in [-0.4, -0.2) is 40.1 Å². The van der Waals surface area contributed by atoms with Crippen LogP contribution in [-0.2, 0) is 4.79 Å². The van der Waals surface area contributed by atoms with Crippen LogP contribution in [0, 0.1) is 0 Å². The average Bonchev–Trinajstić information content (AvgIpc) is 1.59. The van der Waals surface area contributed by atoms with Gasteiger partial charge < -0.3 is 0 Å². The van der Waals surface area contributed by atoms with Gasteiger partial charge in [0.1, 0.15) is 5.16 Å². The third kappa shape index (κ3) is 3.09. The smallest absolute Gasteiger partial charge is 0.263 e. The molecule has 51 valence electrons. The molecule has 0 bridgehead atoms. The van der Waals surface area contributed by atoms with E-state index in [9.17, 15) is 4.79 Å². The second-order valence-electron chi connectivity index (χ2n) is 1.36. The van der Waals surface area contributed by atoms with Gasteiger partial charge >= 0.3 is 0 Å². The summed E-state index contributed by atoms with van der Waals surface area (Å²) in [7, 11) is 0. The summed E-state index contributed by atoms with van der Waals surface area (Å²) in [5.41, 5.74) is 4.60. The molecule has 4 nitrogen and oxygen atoms in total. The summed E-state index contributed by atoms with van der Waals surface area (Å²) < 4.78 is 0.852. The summed E-state index contributed by atoms with van der Waals surface area (Å²) in [6.07, 6.45) is 1.18. The third-order valence-corrected chi connectivity index (χ3v) is 1.03.